The molecule has 7 heteroatoms. The van der Waals surface area contributed by atoms with Crippen molar-refractivity contribution in [3.8, 4) is 0 Å². The van der Waals surface area contributed by atoms with E-state index in [0.29, 0.717) is 13.1 Å². The number of aliphatic carboxylic acids is 1. The number of urea groups is 1. The molecule has 2 N–H and O–H groups in total. The van der Waals surface area contributed by atoms with Crippen LogP contribution in [-0.2, 0) is 16.1 Å². The summed E-state index contributed by atoms with van der Waals surface area (Å²) in [5.41, 5.74) is 0.999. The van der Waals surface area contributed by atoms with Crippen LogP contribution < -0.4 is 5.32 Å². The lowest BCUT2D eigenvalue weighted by molar-refractivity contribution is -0.142. The van der Waals surface area contributed by atoms with Gasteiger partial charge in [-0.3, -0.25) is 4.98 Å². The van der Waals surface area contributed by atoms with E-state index in [1.54, 1.807) is 17.3 Å². The van der Waals surface area contributed by atoms with E-state index < -0.39 is 5.97 Å². The van der Waals surface area contributed by atoms with Crippen molar-refractivity contribution < 1.29 is 19.4 Å². The first-order chi connectivity index (χ1) is 9.63. The van der Waals surface area contributed by atoms with Crippen LogP contribution in [0.15, 0.2) is 24.5 Å². The number of pyridine rings is 1. The van der Waals surface area contributed by atoms with Crippen molar-refractivity contribution in [3.05, 3.63) is 30.1 Å². The zero-order valence-electron chi connectivity index (χ0n) is 11.4. The smallest absolute Gasteiger partial charge is 0.329 e. The highest BCUT2D eigenvalue weighted by Crippen LogP contribution is 2.02. The minimum absolute atomic E-state index is 0.171. The number of carboxylic acid groups (broad SMARTS) is 1. The molecule has 110 valence electrons. The molecule has 0 spiro atoms. The standard InChI is InChI=1S/C13H19N3O4/c1-2-16(9-11-3-5-14-6-4-11)13(19)15-7-8-20-10-12(17)18/h3-6H,2,7-10H2,1H3,(H,15,19)(H,17,18). The Hall–Kier alpha value is -2.15. The number of hydrogen-bond acceptors (Lipinski definition) is 4. The third kappa shape index (κ3) is 6.14. The number of nitrogens with zero attached hydrogens (tertiary/aromatic N) is 2. The molecular formula is C13H19N3O4. The maximum absolute atomic E-state index is 11.9. The molecule has 0 aliphatic carbocycles. The minimum atomic E-state index is -1.02. The molecular weight excluding hydrogens is 262 g/mol. The highest BCUT2D eigenvalue weighted by atomic mass is 16.5. The summed E-state index contributed by atoms with van der Waals surface area (Å²) in [6, 6.07) is 3.50. The Morgan fingerprint density at radius 3 is 2.70 bits per heavy atom. The fraction of sp³-hybridized carbons (Fsp3) is 0.462. The first-order valence-corrected chi connectivity index (χ1v) is 6.34. The fourth-order valence-corrected chi connectivity index (χ4v) is 1.54. The monoisotopic (exact) mass is 281 g/mol. The summed E-state index contributed by atoms with van der Waals surface area (Å²) >= 11 is 0. The molecule has 20 heavy (non-hydrogen) atoms. The Labute approximate surface area is 117 Å². The largest absolute Gasteiger partial charge is 0.480 e. The Morgan fingerprint density at radius 1 is 1.40 bits per heavy atom. The van der Waals surface area contributed by atoms with Gasteiger partial charge in [0.15, 0.2) is 0 Å². The van der Waals surface area contributed by atoms with E-state index >= 15 is 0 Å². The molecule has 0 unspecified atom stereocenters. The number of amides is 2. The van der Waals surface area contributed by atoms with E-state index in [1.165, 1.54) is 0 Å². The van der Waals surface area contributed by atoms with Crippen LogP contribution in [0.4, 0.5) is 4.79 Å². The first-order valence-electron chi connectivity index (χ1n) is 6.34. The van der Waals surface area contributed by atoms with E-state index in [1.807, 2.05) is 19.1 Å². The van der Waals surface area contributed by atoms with Crippen molar-refractivity contribution in [2.75, 3.05) is 26.3 Å². The van der Waals surface area contributed by atoms with E-state index in [0.717, 1.165) is 5.56 Å². The summed E-state index contributed by atoms with van der Waals surface area (Å²) in [7, 11) is 0. The number of carbonyl (C=O) groups excluding carboxylic acids is 1. The molecule has 0 fully saturated rings. The Morgan fingerprint density at radius 2 is 2.10 bits per heavy atom. The van der Waals surface area contributed by atoms with Gasteiger partial charge in [-0.2, -0.15) is 0 Å². The molecule has 0 saturated heterocycles. The molecule has 0 saturated carbocycles. The minimum Gasteiger partial charge on any atom is -0.480 e. The van der Waals surface area contributed by atoms with Crippen LogP contribution in [-0.4, -0.2) is 53.3 Å². The van der Waals surface area contributed by atoms with Crippen molar-refractivity contribution in [2.45, 2.75) is 13.5 Å². The lowest BCUT2D eigenvalue weighted by atomic mass is 10.2. The van der Waals surface area contributed by atoms with Gasteiger partial charge in [0.25, 0.3) is 0 Å². The number of aromatic nitrogens is 1. The van der Waals surface area contributed by atoms with Crippen LogP contribution in [0.3, 0.4) is 0 Å². The number of carbonyl (C=O) groups is 2. The number of hydrogen-bond donors (Lipinski definition) is 2. The van der Waals surface area contributed by atoms with Crippen molar-refractivity contribution in [1.29, 1.82) is 0 Å². The molecule has 0 radical (unpaired) electrons. The van der Waals surface area contributed by atoms with E-state index in [4.69, 9.17) is 9.84 Å². The molecule has 0 atom stereocenters. The molecule has 1 heterocycles. The SMILES string of the molecule is CCN(Cc1ccncc1)C(=O)NCCOCC(=O)O. The zero-order valence-corrected chi connectivity index (χ0v) is 11.4. The molecule has 1 aromatic rings. The summed E-state index contributed by atoms with van der Waals surface area (Å²) in [5, 5.41) is 11.1. The average molecular weight is 281 g/mol. The summed E-state index contributed by atoms with van der Waals surface area (Å²) in [6.07, 6.45) is 3.36. The molecule has 1 aromatic heterocycles. The van der Waals surface area contributed by atoms with Gasteiger partial charge < -0.3 is 20.1 Å². The molecule has 0 aliphatic rings. The summed E-state index contributed by atoms with van der Waals surface area (Å²) in [6.45, 7) is 3.06. The summed E-state index contributed by atoms with van der Waals surface area (Å²) < 4.78 is 4.84. The van der Waals surface area contributed by atoms with Crippen LogP contribution in [0, 0.1) is 0 Å². The zero-order chi connectivity index (χ0) is 14.8. The molecule has 0 aliphatic heterocycles. The third-order valence-electron chi connectivity index (χ3n) is 2.54. The van der Waals surface area contributed by atoms with Crippen molar-refractivity contribution in [1.82, 2.24) is 15.2 Å². The normalized spacial score (nSPS) is 10.1. The van der Waals surface area contributed by atoms with Crippen LogP contribution in [0.5, 0.6) is 0 Å². The Bertz CT molecular complexity index is 425. The summed E-state index contributed by atoms with van der Waals surface area (Å²) in [4.78, 5) is 27.7. The van der Waals surface area contributed by atoms with Gasteiger partial charge in [-0.1, -0.05) is 0 Å². The highest BCUT2D eigenvalue weighted by Gasteiger charge is 2.11. The van der Waals surface area contributed by atoms with Crippen molar-refractivity contribution in [3.63, 3.8) is 0 Å². The van der Waals surface area contributed by atoms with Gasteiger partial charge in [-0.15, -0.1) is 0 Å². The predicted octanol–water partition coefficient (Wildman–Crippen LogP) is 0.714. The number of ether oxygens (including phenoxy) is 1. The molecule has 0 aromatic carbocycles. The first kappa shape index (κ1) is 15.9. The lowest BCUT2D eigenvalue weighted by Gasteiger charge is -2.21. The maximum atomic E-state index is 11.9. The van der Waals surface area contributed by atoms with Crippen LogP contribution in [0.1, 0.15) is 12.5 Å². The molecule has 0 bridgehead atoms. The number of rotatable bonds is 8. The predicted molar refractivity (Wildman–Crippen MR) is 72.2 cm³/mol. The van der Waals surface area contributed by atoms with Gasteiger partial charge in [0.1, 0.15) is 6.61 Å². The Balaban J connectivity index is 2.30. The van der Waals surface area contributed by atoms with E-state index in [-0.39, 0.29) is 25.8 Å². The van der Waals surface area contributed by atoms with Crippen LogP contribution in [0.25, 0.3) is 0 Å². The second-order valence-corrected chi connectivity index (χ2v) is 4.05. The van der Waals surface area contributed by atoms with E-state index in [2.05, 4.69) is 10.3 Å². The van der Waals surface area contributed by atoms with Crippen molar-refractivity contribution in [2.24, 2.45) is 0 Å². The van der Waals surface area contributed by atoms with Crippen LogP contribution in [0.2, 0.25) is 0 Å². The van der Waals surface area contributed by atoms with E-state index in [9.17, 15) is 9.59 Å². The molecule has 2 amide bonds. The van der Waals surface area contributed by atoms with Gasteiger partial charge in [-0.25, -0.2) is 9.59 Å². The number of nitrogens with one attached hydrogen (secondary N) is 1. The van der Waals surface area contributed by atoms with Crippen LogP contribution >= 0.6 is 0 Å². The third-order valence-corrected chi connectivity index (χ3v) is 2.54. The van der Waals surface area contributed by atoms with Gasteiger partial charge in [0.2, 0.25) is 0 Å². The molecule has 7 nitrogen and oxygen atoms in total. The van der Waals surface area contributed by atoms with Gasteiger partial charge >= 0.3 is 12.0 Å². The second-order valence-electron chi connectivity index (χ2n) is 4.05. The fourth-order valence-electron chi connectivity index (χ4n) is 1.54. The number of carboxylic acids is 1. The van der Waals surface area contributed by atoms with Gasteiger partial charge in [-0.05, 0) is 24.6 Å². The Kier molecular flexibility index (Phi) is 7.05. The van der Waals surface area contributed by atoms with Crippen molar-refractivity contribution >= 4 is 12.0 Å². The second kappa shape index (κ2) is 8.87. The topological polar surface area (TPSA) is 91.8 Å². The quantitative estimate of drug-likeness (QED) is 0.685. The van der Waals surface area contributed by atoms with Gasteiger partial charge in [0, 0.05) is 32.0 Å². The average Bonchev–Trinajstić information content (AvgIpc) is 2.45. The lowest BCUT2D eigenvalue weighted by Crippen LogP contribution is -2.40. The summed E-state index contributed by atoms with van der Waals surface area (Å²) in [5.74, 6) is -1.02. The highest BCUT2D eigenvalue weighted by molar-refractivity contribution is 5.74. The molecule has 1 rings (SSSR count). The van der Waals surface area contributed by atoms with Gasteiger partial charge in [0.05, 0.1) is 6.61 Å². The maximum Gasteiger partial charge on any atom is 0.329 e.